The molecule has 0 aromatic heterocycles. The van der Waals surface area contributed by atoms with Crippen LogP contribution in [-0.2, 0) is 27.2 Å². The van der Waals surface area contributed by atoms with Gasteiger partial charge in [0.2, 0.25) is 12.8 Å². The van der Waals surface area contributed by atoms with Crippen LogP contribution in [0.3, 0.4) is 0 Å². The van der Waals surface area contributed by atoms with Crippen LogP contribution in [-0.4, -0.2) is 91.5 Å². The summed E-state index contributed by atoms with van der Waals surface area (Å²) in [7, 11) is 3.52. The molecule has 2 amide bonds. The monoisotopic (exact) mass is 493 g/mol. The molecule has 2 atom stereocenters. The van der Waals surface area contributed by atoms with Gasteiger partial charge in [-0.2, -0.15) is 5.26 Å². The zero-order valence-electron chi connectivity index (χ0n) is 21.2. The summed E-state index contributed by atoms with van der Waals surface area (Å²) in [5.41, 5.74) is 2.02. The van der Waals surface area contributed by atoms with Crippen molar-refractivity contribution in [3.8, 4) is 11.8 Å². The lowest BCUT2D eigenvalue weighted by Gasteiger charge is -2.43. The van der Waals surface area contributed by atoms with Crippen molar-refractivity contribution in [1.29, 1.82) is 5.26 Å². The Hall–Kier alpha value is -3.74. The Bertz CT molecular complexity index is 980. The van der Waals surface area contributed by atoms with Crippen LogP contribution in [0.2, 0.25) is 0 Å². The third kappa shape index (κ3) is 8.18. The van der Waals surface area contributed by atoms with Gasteiger partial charge in [-0.3, -0.25) is 14.6 Å². The number of hydrazine groups is 1. The molecular weight excluding hydrogens is 458 g/mol. The van der Waals surface area contributed by atoms with E-state index in [1.807, 2.05) is 73.5 Å². The zero-order chi connectivity index (χ0) is 26.3. The van der Waals surface area contributed by atoms with Crippen molar-refractivity contribution in [1.82, 2.24) is 19.8 Å². The summed E-state index contributed by atoms with van der Waals surface area (Å²) in [5.74, 6) is 0.783. The van der Waals surface area contributed by atoms with Crippen LogP contribution >= 0.6 is 0 Å². The lowest BCUT2D eigenvalue weighted by molar-refractivity contribution is -0.160. The van der Waals surface area contributed by atoms with Gasteiger partial charge >= 0.3 is 0 Å². The molecule has 0 aliphatic heterocycles. The van der Waals surface area contributed by atoms with Crippen molar-refractivity contribution in [3.05, 3.63) is 65.7 Å². The first-order valence-corrected chi connectivity index (χ1v) is 11.9. The maximum atomic E-state index is 12.4. The molecule has 192 valence electrons. The molecule has 0 fully saturated rings. The van der Waals surface area contributed by atoms with Gasteiger partial charge in [-0.15, -0.1) is 0 Å². The van der Waals surface area contributed by atoms with Crippen molar-refractivity contribution < 1.29 is 19.1 Å². The van der Waals surface area contributed by atoms with Crippen molar-refractivity contribution in [2.45, 2.75) is 32.0 Å². The second kappa shape index (κ2) is 15.3. The predicted molar refractivity (Wildman–Crippen MR) is 137 cm³/mol. The Morgan fingerprint density at radius 2 is 1.69 bits per heavy atom. The topological polar surface area (TPSA) is 97.2 Å². The molecule has 0 spiro atoms. The molecule has 0 heterocycles. The molecular formula is C27H35N5O4. The lowest BCUT2D eigenvalue weighted by atomic mass is 10.1. The third-order valence-electron chi connectivity index (χ3n) is 6.07. The van der Waals surface area contributed by atoms with Gasteiger partial charge in [0.15, 0.2) is 0 Å². The van der Waals surface area contributed by atoms with Crippen molar-refractivity contribution in [3.63, 3.8) is 0 Å². The largest absolute Gasteiger partial charge is 0.497 e. The molecule has 1 unspecified atom stereocenters. The van der Waals surface area contributed by atoms with E-state index in [2.05, 4.69) is 6.07 Å². The normalized spacial score (nSPS) is 12.4. The minimum absolute atomic E-state index is 0.0293. The maximum Gasteiger partial charge on any atom is 0.226 e. The van der Waals surface area contributed by atoms with E-state index in [1.54, 1.807) is 12.1 Å². The number of benzene rings is 2. The SMILES string of the molecule is CCN(CC#N)N(C=O)C(CN(C)CCc1ccc(OC)cc1)N(C=O)[C@H](C=O)Cc1ccccc1. The highest BCUT2D eigenvalue weighted by atomic mass is 16.5. The van der Waals surface area contributed by atoms with E-state index in [-0.39, 0.29) is 13.1 Å². The number of hydrogen-bond acceptors (Lipinski definition) is 7. The third-order valence-corrected chi connectivity index (χ3v) is 6.07. The van der Waals surface area contributed by atoms with Crippen LogP contribution in [0.25, 0.3) is 0 Å². The molecule has 9 heteroatoms. The number of methoxy groups -OCH3 is 1. The number of hydrogen-bond donors (Lipinski definition) is 0. The Balaban J connectivity index is 2.28. The van der Waals surface area contributed by atoms with Crippen molar-refractivity contribution in [2.75, 3.05) is 40.3 Å². The molecule has 0 radical (unpaired) electrons. The molecule has 0 aliphatic rings. The van der Waals surface area contributed by atoms with Gasteiger partial charge in [0.1, 0.15) is 24.7 Å². The smallest absolute Gasteiger partial charge is 0.226 e. The minimum Gasteiger partial charge on any atom is -0.497 e. The molecule has 2 aromatic carbocycles. The average molecular weight is 494 g/mol. The van der Waals surface area contributed by atoms with Crippen LogP contribution in [0.15, 0.2) is 54.6 Å². The number of carbonyl (C=O) groups is 3. The second-order valence-corrected chi connectivity index (χ2v) is 8.41. The number of nitrogens with zero attached hydrogens (tertiary/aromatic N) is 5. The number of aldehydes is 1. The Morgan fingerprint density at radius 1 is 1.00 bits per heavy atom. The van der Waals surface area contributed by atoms with Gasteiger partial charge < -0.3 is 19.3 Å². The molecule has 0 bridgehead atoms. The van der Waals surface area contributed by atoms with Gasteiger partial charge in [0.05, 0.1) is 19.2 Å². The molecule has 2 rings (SSSR count). The standard InChI is InChI=1S/C27H35N5O4/c1-4-30(17-15-28)32(22-35)27(19-29(2)16-14-23-10-12-26(36-3)13-11-23)31(21-34)25(20-33)18-24-8-6-5-7-9-24/h5-13,20-22,25,27H,4,14,16-19H2,1-3H3/t25-,27?/m0/s1. The number of amides is 2. The first-order chi connectivity index (χ1) is 17.5. The predicted octanol–water partition coefficient (Wildman–Crippen LogP) is 1.98. The fourth-order valence-corrected chi connectivity index (χ4v) is 4.01. The van der Waals surface area contributed by atoms with Crippen molar-refractivity contribution in [2.24, 2.45) is 0 Å². The van der Waals surface area contributed by atoms with Gasteiger partial charge in [-0.05, 0) is 43.1 Å². The Labute approximate surface area is 213 Å². The fourth-order valence-electron chi connectivity index (χ4n) is 4.01. The molecule has 0 aliphatic carbocycles. The van der Waals surface area contributed by atoms with Crippen LogP contribution in [0.5, 0.6) is 5.75 Å². The van der Waals surface area contributed by atoms with E-state index in [0.717, 1.165) is 29.6 Å². The summed E-state index contributed by atoms with van der Waals surface area (Å²) in [6.07, 6.45) is 2.23. The first-order valence-electron chi connectivity index (χ1n) is 11.9. The minimum atomic E-state index is -0.784. The van der Waals surface area contributed by atoms with Crippen molar-refractivity contribution >= 4 is 19.1 Å². The molecule has 9 nitrogen and oxygen atoms in total. The van der Waals surface area contributed by atoms with E-state index in [4.69, 9.17) is 4.74 Å². The number of carbonyl (C=O) groups excluding carboxylic acids is 3. The molecule has 2 aromatic rings. The fraction of sp³-hybridized carbons (Fsp3) is 0.407. The highest BCUT2D eigenvalue weighted by Gasteiger charge is 2.33. The molecule has 36 heavy (non-hydrogen) atoms. The average Bonchev–Trinajstić information content (AvgIpc) is 2.92. The molecule has 0 N–H and O–H groups in total. The number of rotatable bonds is 17. The maximum absolute atomic E-state index is 12.4. The molecule has 0 saturated carbocycles. The van der Waals surface area contributed by atoms with E-state index >= 15 is 0 Å². The quantitative estimate of drug-likeness (QED) is 0.144. The summed E-state index contributed by atoms with van der Waals surface area (Å²) in [4.78, 5) is 40.1. The summed E-state index contributed by atoms with van der Waals surface area (Å²) in [6.45, 7) is 3.12. The van der Waals surface area contributed by atoms with Gasteiger partial charge in [0, 0.05) is 19.6 Å². The summed E-state index contributed by atoms with van der Waals surface area (Å²) >= 11 is 0. The number of likely N-dealkylation sites (N-methyl/N-ethyl adjacent to an activating group) is 1. The van der Waals surface area contributed by atoms with E-state index in [9.17, 15) is 19.6 Å². The highest BCUT2D eigenvalue weighted by molar-refractivity contribution is 5.65. The summed E-state index contributed by atoms with van der Waals surface area (Å²) in [6, 6.07) is 18.5. The summed E-state index contributed by atoms with van der Waals surface area (Å²) < 4.78 is 5.21. The number of ether oxygens (including phenoxy) is 1. The van der Waals surface area contributed by atoms with Crippen LogP contribution in [0.4, 0.5) is 0 Å². The first kappa shape index (κ1) is 28.5. The van der Waals surface area contributed by atoms with E-state index in [0.29, 0.717) is 32.3 Å². The van der Waals surface area contributed by atoms with E-state index < -0.39 is 12.2 Å². The zero-order valence-corrected chi connectivity index (χ0v) is 21.2. The van der Waals surface area contributed by atoms with Gasteiger partial charge in [-0.1, -0.05) is 49.4 Å². The van der Waals surface area contributed by atoms with Crippen LogP contribution < -0.4 is 4.74 Å². The van der Waals surface area contributed by atoms with Gasteiger partial charge in [-0.25, -0.2) is 5.01 Å². The van der Waals surface area contributed by atoms with Crippen LogP contribution in [0, 0.1) is 11.3 Å². The Kier molecular flexibility index (Phi) is 12.1. The second-order valence-electron chi connectivity index (χ2n) is 8.41. The number of nitriles is 1. The van der Waals surface area contributed by atoms with E-state index in [1.165, 1.54) is 9.91 Å². The van der Waals surface area contributed by atoms with Crippen LogP contribution in [0.1, 0.15) is 18.1 Å². The van der Waals surface area contributed by atoms with Gasteiger partial charge in [0.25, 0.3) is 0 Å². The highest BCUT2D eigenvalue weighted by Crippen LogP contribution is 2.16. The Morgan fingerprint density at radius 3 is 2.22 bits per heavy atom. The summed E-state index contributed by atoms with van der Waals surface area (Å²) in [5, 5.41) is 12.2. The lowest BCUT2D eigenvalue weighted by Crippen LogP contribution is -2.61. The molecule has 0 saturated heterocycles.